The number of alkyl halides is 3. The monoisotopic (exact) mass is 137 g/mol. The zero-order chi connectivity index (χ0) is 7.07. The second-order valence-corrected chi connectivity index (χ2v) is 1.99. The van der Waals surface area contributed by atoms with E-state index < -0.39 is 12.2 Å². The molecule has 0 aromatic rings. The lowest BCUT2D eigenvalue weighted by molar-refractivity contribution is -0.167. The lowest BCUT2D eigenvalue weighted by Gasteiger charge is -2.32. The predicted octanol–water partition coefficient (Wildman–Crippen LogP) is 1.38. The van der Waals surface area contributed by atoms with Gasteiger partial charge in [-0.3, -0.25) is 0 Å². The van der Waals surface area contributed by atoms with E-state index in [0.29, 0.717) is 0 Å². The van der Waals surface area contributed by atoms with E-state index in [4.69, 9.17) is 0 Å². The maximum Gasteiger partial charge on any atom is 0.412 e. The van der Waals surface area contributed by atoms with Crippen LogP contribution >= 0.6 is 0 Å². The molecule has 52 valence electrons. The SMILES string of the molecule is CN1C=CC1C(F)(F)F. The second kappa shape index (κ2) is 1.65. The van der Waals surface area contributed by atoms with Crippen molar-refractivity contribution in [2.75, 3.05) is 7.05 Å². The van der Waals surface area contributed by atoms with Gasteiger partial charge < -0.3 is 4.90 Å². The average molecular weight is 137 g/mol. The Labute approximate surface area is 50.8 Å². The molecule has 1 unspecified atom stereocenters. The van der Waals surface area contributed by atoms with Gasteiger partial charge in [-0.1, -0.05) is 0 Å². The second-order valence-electron chi connectivity index (χ2n) is 1.99. The van der Waals surface area contributed by atoms with Crippen molar-refractivity contribution in [2.24, 2.45) is 0 Å². The predicted molar refractivity (Wildman–Crippen MR) is 26.7 cm³/mol. The largest absolute Gasteiger partial charge is 0.412 e. The number of hydrogen-bond acceptors (Lipinski definition) is 1. The van der Waals surface area contributed by atoms with Crippen LogP contribution < -0.4 is 0 Å². The molecule has 1 heterocycles. The van der Waals surface area contributed by atoms with Crippen LogP contribution in [0.15, 0.2) is 12.3 Å². The molecule has 9 heavy (non-hydrogen) atoms. The number of rotatable bonds is 0. The van der Waals surface area contributed by atoms with E-state index in [0.717, 1.165) is 11.0 Å². The first-order chi connectivity index (χ1) is 4.02. The smallest absolute Gasteiger partial charge is 0.366 e. The molecule has 0 amide bonds. The zero-order valence-corrected chi connectivity index (χ0v) is 4.81. The van der Waals surface area contributed by atoms with Crippen molar-refractivity contribution in [3.8, 4) is 0 Å². The van der Waals surface area contributed by atoms with Crippen molar-refractivity contribution in [1.29, 1.82) is 0 Å². The van der Waals surface area contributed by atoms with E-state index in [1.165, 1.54) is 13.2 Å². The number of hydrogen-bond donors (Lipinski definition) is 0. The summed E-state index contributed by atoms with van der Waals surface area (Å²) < 4.78 is 35.0. The van der Waals surface area contributed by atoms with Crippen molar-refractivity contribution in [3.05, 3.63) is 12.3 Å². The third kappa shape index (κ3) is 1.01. The van der Waals surface area contributed by atoms with Crippen LogP contribution in [0.5, 0.6) is 0 Å². The first-order valence-corrected chi connectivity index (χ1v) is 2.49. The highest BCUT2D eigenvalue weighted by Gasteiger charge is 2.43. The van der Waals surface area contributed by atoms with Gasteiger partial charge in [0, 0.05) is 7.05 Å². The summed E-state index contributed by atoms with van der Waals surface area (Å²) in [4.78, 5) is 1.12. The van der Waals surface area contributed by atoms with Gasteiger partial charge >= 0.3 is 6.18 Å². The van der Waals surface area contributed by atoms with Gasteiger partial charge in [0.05, 0.1) is 0 Å². The summed E-state index contributed by atoms with van der Waals surface area (Å²) in [5, 5.41) is 0. The van der Waals surface area contributed by atoms with Crippen LogP contribution in [0.3, 0.4) is 0 Å². The first kappa shape index (κ1) is 6.45. The molecule has 1 rings (SSSR count). The van der Waals surface area contributed by atoms with Crippen LogP contribution in [0.2, 0.25) is 0 Å². The number of nitrogens with zero attached hydrogens (tertiary/aromatic N) is 1. The van der Waals surface area contributed by atoms with E-state index in [1.807, 2.05) is 0 Å². The highest BCUT2D eigenvalue weighted by atomic mass is 19.4. The zero-order valence-electron chi connectivity index (χ0n) is 4.81. The summed E-state index contributed by atoms with van der Waals surface area (Å²) in [6.07, 6.45) is -1.57. The molecule has 0 saturated heterocycles. The molecule has 4 heteroatoms. The maximum absolute atomic E-state index is 11.7. The lowest BCUT2D eigenvalue weighted by atomic mass is 10.2. The minimum atomic E-state index is -4.09. The average Bonchev–Trinajstić information content (AvgIpc) is 1.57. The normalized spacial score (nSPS) is 26.2. The van der Waals surface area contributed by atoms with Gasteiger partial charge in [-0.25, -0.2) is 0 Å². The van der Waals surface area contributed by atoms with Crippen LogP contribution in [0, 0.1) is 0 Å². The van der Waals surface area contributed by atoms with Gasteiger partial charge in [-0.2, -0.15) is 13.2 Å². The van der Waals surface area contributed by atoms with Crippen LogP contribution in [0.1, 0.15) is 0 Å². The number of likely N-dealkylation sites (N-methyl/N-ethyl adjacent to an activating group) is 1. The quantitative estimate of drug-likeness (QED) is 0.487. The number of halogens is 3. The van der Waals surface area contributed by atoms with Crippen LogP contribution in [-0.4, -0.2) is 24.2 Å². The van der Waals surface area contributed by atoms with Gasteiger partial charge in [0.1, 0.15) is 6.04 Å². The molecule has 0 aliphatic carbocycles. The van der Waals surface area contributed by atoms with Gasteiger partial charge in [0.25, 0.3) is 0 Å². The molecule has 0 radical (unpaired) electrons. The fourth-order valence-corrected chi connectivity index (χ4v) is 0.684. The summed E-state index contributed by atoms with van der Waals surface area (Å²) in [5.41, 5.74) is 0. The molecule has 1 nitrogen and oxygen atoms in total. The van der Waals surface area contributed by atoms with Crippen molar-refractivity contribution in [1.82, 2.24) is 4.90 Å². The topological polar surface area (TPSA) is 3.24 Å². The summed E-state index contributed by atoms with van der Waals surface area (Å²) >= 11 is 0. The van der Waals surface area contributed by atoms with Crippen LogP contribution in [0.25, 0.3) is 0 Å². The highest BCUT2D eigenvalue weighted by Crippen LogP contribution is 2.29. The molecule has 0 spiro atoms. The Balaban J connectivity index is 2.57. The third-order valence-electron chi connectivity index (χ3n) is 1.28. The van der Waals surface area contributed by atoms with E-state index >= 15 is 0 Å². The third-order valence-corrected chi connectivity index (χ3v) is 1.28. The Morgan fingerprint density at radius 2 is 2.00 bits per heavy atom. The van der Waals surface area contributed by atoms with Gasteiger partial charge in [0.2, 0.25) is 0 Å². The Bertz CT molecular complexity index is 138. The molecular formula is C5H6F3N. The fraction of sp³-hybridized carbons (Fsp3) is 0.600. The minimum Gasteiger partial charge on any atom is -0.366 e. The summed E-state index contributed by atoms with van der Waals surface area (Å²) in [6, 6.07) is -1.35. The summed E-state index contributed by atoms with van der Waals surface area (Å²) in [5.74, 6) is 0. The highest BCUT2D eigenvalue weighted by molar-refractivity contribution is 5.08. The molecule has 0 aromatic heterocycles. The van der Waals surface area contributed by atoms with Gasteiger partial charge in [-0.05, 0) is 12.3 Å². The fourth-order valence-electron chi connectivity index (χ4n) is 0.684. The van der Waals surface area contributed by atoms with Crippen LogP contribution in [-0.2, 0) is 0 Å². The van der Waals surface area contributed by atoms with Gasteiger partial charge in [0.15, 0.2) is 0 Å². The van der Waals surface area contributed by atoms with Gasteiger partial charge in [-0.15, -0.1) is 0 Å². The van der Waals surface area contributed by atoms with Crippen molar-refractivity contribution in [3.63, 3.8) is 0 Å². The van der Waals surface area contributed by atoms with E-state index in [-0.39, 0.29) is 0 Å². The van der Waals surface area contributed by atoms with Crippen molar-refractivity contribution >= 4 is 0 Å². The molecule has 0 fully saturated rings. The summed E-state index contributed by atoms with van der Waals surface area (Å²) in [6.45, 7) is 0. The molecular weight excluding hydrogens is 131 g/mol. The first-order valence-electron chi connectivity index (χ1n) is 2.49. The lowest BCUT2D eigenvalue weighted by Crippen LogP contribution is -2.44. The Kier molecular flexibility index (Phi) is 1.18. The molecule has 0 bridgehead atoms. The minimum absolute atomic E-state index is 1.12. The molecule has 0 N–H and O–H groups in total. The Morgan fingerprint density at radius 1 is 1.44 bits per heavy atom. The molecule has 1 aliphatic heterocycles. The molecule has 1 aliphatic rings. The molecule has 0 aromatic carbocycles. The van der Waals surface area contributed by atoms with E-state index in [1.54, 1.807) is 0 Å². The van der Waals surface area contributed by atoms with Crippen LogP contribution in [0.4, 0.5) is 13.2 Å². The van der Waals surface area contributed by atoms with E-state index in [2.05, 4.69) is 0 Å². The van der Waals surface area contributed by atoms with E-state index in [9.17, 15) is 13.2 Å². The van der Waals surface area contributed by atoms with Crippen molar-refractivity contribution < 1.29 is 13.2 Å². The molecule has 1 atom stereocenters. The Hall–Kier alpha value is -0.670. The Morgan fingerprint density at radius 3 is 2.00 bits per heavy atom. The summed E-state index contributed by atoms with van der Waals surface area (Å²) in [7, 11) is 1.40. The maximum atomic E-state index is 11.7. The standard InChI is InChI=1S/C5H6F3N/c1-9-3-2-4(9)5(6,7)8/h2-4H,1H3. The van der Waals surface area contributed by atoms with Crippen molar-refractivity contribution in [2.45, 2.75) is 12.2 Å². The molecule has 0 saturated carbocycles.